The van der Waals surface area contributed by atoms with Gasteiger partial charge in [-0.05, 0) is 56.7 Å². The molecule has 0 unspecified atom stereocenters. The summed E-state index contributed by atoms with van der Waals surface area (Å²) in [6.07, 6.45) is 5.63. The molecule has 0 radical (unpaired) electrons. The van der Waals surface area contributed by atoms with Crippen LogP contribution < -0.4 is 0 Å². The van der Waals surface area contributed by atoms with Gasteiger partial charge in [0.1, 0.15) is 0 Å². The summed E-state index contributed by atoms with van der Waals surface area (Å²) in [4.78, 5) is 0. The Hall–Kier alpha value is 0.0569. The average Bonchev–Trinajstić information content (AvgIpc) is 2.38. The minimum absolute atomic E-state index is 0.250. The Balaban J connectivity index is 0. The normalized spacial score (nSPS) is 12.0. The van der Waals surface area contributed by atoms with Crippen molar-refractivity contribution in [3.8, 4) is 0 Å². The fraction of sp³-hybridized carbons (Fsp3) is 1.00. The molecule has 0 aliphatic heterocycles. The van der Waals surface area contributed by atoms with Crippen LogP contribution in [-0.4, -0.2) is 50.1 Å². The van der Waals surface area contributed by atoms with E-state index in [4.69, 9.17) is 19.7 Å². The molecular weight excluding hydrogens is 284 g/mol. The van der Waals surface area contributed by atoms with E-state index in [0.29, 0.717) is 11.6 Å². The molecule has 0 saturated carbocycles. The predicted molar refractivity (Wildman–Crippen MR) is 92.1 cm³/mol. The highest BCUT2D eigenvalue weighted by atomic mass is 28.4. The summed E-state index contributed by atoms with van der Waals surface area (Å²) >= 11 is 0. The Morgan fingerprint density at radius 1 is 0.714 bits per heavy atom. The van der Waals surface area contributed by atoms with Crippen LogP contribution in [0.25, 0.3) is 0 Å². The topological polar surface area (TPSA) is 69.9 Å². The molecular formula is C16H38O4Si. The summed E-state index contributed by atoms with van der Waals surface area (Å²) in [7, 11) is -1.53. The molecule has 0 atom stereocenters. The first-order chi connectivity index (χ1) is 9.72. The number of aliphatic hydroxyl groups is 3. The van der Waals surface area contributed by atoms with E-state index in [9.17, 15) is 0 Å². The lowest BCUT2D eigenvalue weighted by atomic mass is 10.2. The zero-order valence-electron chi connectivity index (χ0n) is 14.8. The summed E-state index contributed by atoms with van der Waals surface area (Å²) in [5, 5.41) is 25.4. The van der Waals surface area contributed by atoms with Gasteiger partial charge in [0.25, 0.3) is 0 Å². The smallest absolute Gasteiger partial charge is 0.191 e. The van der Waals surface area contributed by atoms with Crippen molar-refractivity contribution < 1.29 is 19.7 Å². The van der Waals surface area contributed by atoms with Crippen LogP contribution >= 0.6 is 0 Å². The van der Waals surface area contributed by atoms with E-state index in [0.717, 1.165) is 45.1 Å². The van der Waals surface area contributed by atoms with E-state index in [1.165, 1.54) is 0 Å². The van der Waals surface area contributed by atoms with Gasteiger partial charge in [-0.25, -0.2) is 0 Å². The van der Waals surface area contributed by atoms with Crippen molar-refractivity contribution in [2.45, 2.75) is 77.4 Å². The monoisotopic (exact) mass is 322 g/mol. The maximum atomic E-state index is 8.62. The van der Waals surface area contributed by atoms with E-state index in [1.807, 2.05) is 0 Å². The Labute approximate surface area is 132 Å². The molecule has 0 saturated heterocycles. The average molecular weight is 323 g/mol. The molecule has 130 valence electrons. The van der Waals surface area contributed by atoms with Gasteiger partial charge in [-0.1, -0.05) is 20.8 Å². The summed E-state index contributed by atoms with van der Waals surface area (Å²) in [5.74, 6) is 0. The highest BCUT2D eigenvalue weighted by molar-refractivity contribution is 6.74. The molecule has 0 aromatic carbocycles. The zero-order valence-corrected chi connectivity index (χ0v) is 15.8. The van der Waals surface area contributed by atoms with Crippen LogP contribution in [0.1, 0.15) is 59.3 Å². The Kier molecular flexibility index (Phi) is 15.2. The van der Waals surface area contributed by atoms with Crippen molar-refractivity contribution in [1.82, 2.24) is 0 Å². The van der Waals surface area contributed by atoms with Crippen molar-refractivity contribution in [2.24, 2.45) is 0 Å². The Morgan fingerprint density at radius 3 is 1.43 bits per heavy atom. The van der Waals surface area contributed by atoms with E-state index < -0.39 is 8.32 Å². The lowest BCUT2D eigenvalue weighted by Crippen LogP contribution is -2.40. The second-order valence-corrected chi connectivity index (χ2v) is 11.7. The van der Waals surface area contributed by atoms with Crippen LogP contribution in [0.2, 0.25) is 18.1 Å². The molecule has 0 aliphatic carbocycles. The number of rotatable bonds is 10. The molecule has 5 heteroatoms. The third kappa shape index (κ3) is 14.7. The van der Waals surface area contributed by atoms with E-state index >= 15 is 0 Å². The van der Waals surface area contributed by atoms with Crippen LogP contribution in [0.15, 0.2) is 0 Å². The van der Waals surface area contributed by atoms with Crippen LogP contribution in [0, 0.1) is 0 Å². The van der Waals surface area contributed by atoms with E-state index in [2.05, 4.69) is 33.9 Å². The molecule has 4 nitrogen and oxygen atoms in total. The van der Waals surface area contributed by atoms with Crippen LogP contribution in [0.3, 0.4) is 0 Å². The van der Waals surface area contributed by atoms with Crippen molar-refractivity contribution >= 4 is 8.32 Å². The number of unbranched alkanes of at least 4 members (excludes halogenated alkanes) is 4. The standard InChI is InChI=1S/C11H26O2Si.C5H12O2/c1-11(2,3)14(4,5)13-10-8-6-7-9-12;6-4-2-1-3-5-7/h12H,6-10H2,1-5H3;6-7H,1-5H2. The van der Waals surface area contributed by atoms with Gasteiger partial charge in [-0.2, -0.15) is 0 Å². The summed E-state index contributed by atoms with van der Waals surface area (Å²) in [5.41, 5.74) is 0. The van der Waals surface area contributed by atoms with Gasteiger partial charge in [0.15, 0.2) is 8.32 Å². The second-order valence-electron chi connectivity index (χ2n) is 6.90. The number of hydrogen-bond acceptors (Lipinski definition) is 4. The molecule has 0 bridgehead atoms. The number of aliphatic hydroxyl groups excluding tert-OH is 3. The first-order valence-electron chi connectivity index (χ1n) is 8.19. The molecule has 0 aromatic rings. The molecule has 0 heterocycles. The quantitative estimate of drug-likeness (QED) is 0.426. The third-order valence-corrected chi connectivity index (χ3v) is 8.43. The molecule has 0 spiro atoms. The molecule has 3 N–H and O–H groups in total. The maximum Gasteiger partial charge on any atom is 0.191 e. The van der Waals surface area contributed by atoms with Gasteiger partial charge in [0.05, 0.1) is 0 Å². The molecule has 0 fully saturated rings. The lowest BCUT2D eigenvalue weighted by molar-refractivity contribution is 0.255. The molecule has 0 aliphatic rings. The van der Waals surface area contributed by atoms with Crippen molar-refractivity contribution in [3.05, 3.63) is 0 Å². The highest BCUT2D eigenvalue weighted by Gasteiger charge is 2.36. The first kappa shape index (κ1) is 23.3. The molecule has 21 heavy (non-hydrogen) atoms. The van der Waals surface area contributed by atoms with Crippen molar-refractivity contribution in [3.63, 3.8) is 0 Å². The third-order valence-electron chi connectivity index (χ3n) is 3.89. The van der Waals surface area contributed by atoms with Crippen LogP contribution in [0.5, 0.6) is 0 Å². The van der Waals surface area contributed by atoms with Crippen LogP contribution in [-0.2, 0) is 4.43 Å². The van der Waals surface area contributed by atoms with Crippen molar-refractivity contribution in [1.29, 1.82) is 0 Å². The second kappa shape index (κ2) is 13.7. The Bertz CT molecular complexity index is 211. The van der Waals surface area contributed by atoms with Crippen LogP contribution in [0.4, 0.5) is 0 Å². The summed E-state index contributed by atoms with van der Waals surface area (Å²) in [6, 6.07) is 0. The van der Waals surface area contributed by atoms with Gasteiger partial charge < -0.3 is 19.7 Å². The van der Waals surface area contributed by atoms with Gasteiger partial charge >= 0.3 is 0 Å². The fourth-order valence-corrected chi connectivity index (χ4v) is 2.42. The molecule has 0 amide bonds. The minimum Gasteiger partial charge on any atom is -0.417 e. The van der Waals surface area contributed by atoms with Gasteiger partial charge in [0, 0.05) is 26.4 Å². The zero-order chi connectivity index (χ0) is 16.8. The first-order valence-corrected chi connectivity index (χ1v) is 11.1. The maximum absolute atomic E-state index is 8.62. The molecule has 0 rings (SSSR count). The van der Waals surface area contributed by atoms with Gasteiger partial charge in [-0.3, -0.25) is 0 Å². The minimum atomic E-state index is -1.53. The largest absolute Gasteiger partial charge is 0.417 e. The van der Waals surface area contributed by atoms with Gasteiger partial charge in [-0.15, -0.1) is 0 Å². The fourth-order valence-electron chi connectivity index (χ4n) is 1.33. The Morgan fingerprint density at radius 2 is 1.10 bits per heavy atom. The SMILES string of the molecule is CC(C)(C)[Si](C)(C)OCCCCCO.OCCCCCO. The molecule has 0 aromatic heterocycles. The van der Waals surface area contributed by atoms with E-state index in [-0.39, 0.29) is 13.2 Å². The predicted octanol–water partition coefficient (Wildman–Crippen LogP) is 3.31. The van der Waals surface area contributed by atoms with Crippen molar-refractivity contribution in [2.75, 3.05) is 26.4 Å². The van der Waals surface area contributed by atoms with Gasteiger partial charge in [0.2, 0.25) is 0 Å². The summed E-state index contributed by atoms with van der Waals surface area (Å²) in [6.45, 7) is 13.0. The highest BCUT2D eigenvalue weighted by Crippen LogP contribution is 2.36. The lowest BCUT2D eigenvalue weighted by Gasteiger charge is -2.36. The van der Waals surface area contributed by atoms with E-state index in [1.54, 1.807) is 0 Å². The summed E-state index contributed by atoms with van der Waals surface area (Å²) < 4.78 is 6.00. The number of hydrogen-bond donors (Lipinski definition) is 3.